The topological polar surface area (TPSA) is 96.1 Å². The molecule has 9 nitrogen and oxygen atoms in total. The third kappa shape index (κ3) is 8.79. The first kappa shape index (κ1) is 36.3. The highest BCUT2D eigenvalue weighted by Gasteiger charge is 2.31. The van der Waals surface area contributed by atoms with Crippen molar-refractivity contribution >= 4 is 52.0 Å². The van der Waals surface area contributed by atoms with E-state index in [0.29, 0.717) is 33.0 Å². The number of ether oxygens (including phenoxy) is 1. The second-order valence-corrected chi connectivity index (χ2v) is 13.0. The quantitative estimate of drug-likeness (QED) is 0.162. The van der Waals surface area contributed by atoms with Crippen molar-refractivity contribution in [1.82, 2.24) is 19.7 Å². The molecule has 4 aromatic rings. The van der Waals surface area contributed by atoms with Crippen molar-refractivity contribution < 1.29 is 27.8 Å². The Morgan fingerprint density at radius 3 is 2.50 bits per heavy atom. The zero-order chi connectivity index (χ0) is 36.2. The van der Waals surface area contributed by atoms with E-state index < -0.39 is 18.5 Å². The number of amides is 1. The zero-order valence-electron chi connectivity index (χ0n) is 27.8. The minimum absolute atomic E-state index is 0.213. The second-order valence-electron chi connectivity index (χ2n) is 11.6. The van der Waals surface area contributed by atoms with E-state index >= 15 is 0 Å². The number of halogens is 3. The Balaban J connectivity index is 1.31. The molecule has 0 bridgehead atoms. The number of alkyl halides is 3. The number of aryl methyl sites for hydroxylation is 2. The number of anilines is 1. The minimum atomic E-state index is -4.77. The average Bonchev–Trinajstić information content (AvgIpc) is 3.68. The normalized spacial score (nSPS) is 14.8. The van der Waals surface area contributed by atoms with Crippen molar-refractivity contribution in [2.45, 2.75) is 46.5 Å². The molecule has 14 heteroatoms. The van der Waals surface area contributed by atoms with Crippen LogP contribution < -0.4 is 9.64 Å². The summed E-state index contributed by atoms with van der Waals surface area (Å²) in [5.41, 5.74) is 7.38. The van der Waals surface area contributed by atoms with Crippen molar-refractivity contribution in [2.24, 2.45) is 4.99 Å². The molecule has 0 saturated carbocycles. The molecule has 1 unspecified atom stereocenters. The Morgan fingerprint density at radius 1 is 1.16 bits per heavy atom. The van der Waals surface area contributed by atoms with Gasteiger partial charge in [0, 0.05) is 30.0 Å². The van der Waals surface area contributed by atoms with Crippen LogP contribution in [-0.2, 0) is 0 Å². The highest BCUT2D eigenvalue weighted by atomic mass is 32.2. The number of carbonyl (C=O) groups is 1. The molecule has 50 heavy (non-hydrogen) atoms. The van der Waals surface area contributed by atoms with E-state index in [1.165, 1.54) is 45.7 Å². The van der Waals surface area contributed by atoms with Gasteiger partial charge in [-0.2, -0.15) is 0 Å². The van der Waals surface area contributed by atoms with E-state index in [9.17, 15) is 23.1 Å². The molecule has 0 spiro atoms. The maximum Gasteiger partial charge on any atom is 0.573 e. The number of thioether (sulfide) groups is 1. The van der Waals surface area contributed by atoms with E-state index in [1.807, 2.05) is 41.3 Å². The highest BCUT2D eigenvalue weighted by molar-refractivity contribution is 8.14. The summed E-state index contributed by atoms with van der Waals surface area (Å²) >= 11 is 7.28. The Hall–Kier alpha value is -4.95. The molecule has 0 radical (unpaired) electrons. The van der Waals surface area contributed by atoms with Gasteiger partial charge in [-0.3, -0.25) is 4.90 Å². The van der Waals surface area contributed by atoms with Crippen LogP contribution in [0.4, 0.5) is 23.7 Å². The van der Waals surface area contributed by atoms with Gasteiger partial charge >= 0.3 is 12.5 Å². The number of hydrogen-bond acceptors (Lipinski definition) is 6. The van der Waals surface area contributed by atoms with Crippen molar-refractivity contribution in [1.29, 1.82) is 0 Å². The third-order valence-electron chi connectivity index (χ3n) is 8.00. The van der Waals surface area contributed by atoms with Crippen LogP contribution in [0.5, 0.6) is 5.75 Å². The summed E-state index contributed by atoms with van der Waals surface area (Å²) in [5, 5.41) is 15.1. The number of benzene rings is 3. The summed E-state index contributed by atoms with van der Waals surface area (Å²) < 4.78 is 42.8. The first-order valence-corrected chi connectivity index (χ1v) is 17.0. The summed E-state index contributed by atoms with van der Waals surface area (Å²) in [6.45, 7) is 12.5. The summed E-state index contributed by atoms with van der Waals surface area (Å²) in [6, 6.07) is 16.3. The van der Waals surface area contributed by atoms with Gasteiger partial charge in [-0.1, -0.05) is 73.0 Å². The second kappa shape index (κ2) is 15.3. The van der Waals surface area contributed by atoms with Gasteiger partial charge in [-0.05, 0) is 80.3 Å². The Kier molecular flexibility index (Phi) is 11.1. The van der Waals surface area contributed by atoms with Gasteiger partial charge in [0.1, 0.15) is 17.1 Å². The highest BCUT2D eigenvalue weighted by Crippen LogP contribution is 2.36. The number of rotatable bonds is 10. The smallest absolute Gasteiger partial charge is 0.465 e. The van der Waals surface area contributed by atoms with Gasteiger partial charge < -0.3 is 14.7 Å². The standard InChI is InChI=1S/C36H35F3N6O3S2/c1-6-43(35(46)47)29(19-32(49)41-34-45(24(4)20-50-34)31-18-22(2)17-23(3)25(31)5)12-9-26-7-10-27(11-8-26)33-40-21-44(42-33)28-13-15-30(16-14-28)48-36(37,38)39/h7-18,21,29H,4,6,19-20H2,1-3,5H3,(H,46,47)/b12-9+,41-34?. The van der Waals surface area contributed by atoms with Gasteiger partial charge in [0.2, 0.25) is 0 Å². The van der Waals surface area contributed by atoms with Crippen molar-refractivity contribution in [3.8, 4) is 22.8 Å². The molecule has 3 aromatic carbocycles. The number of likely N-dealkylation sites (N-methyl/N-ethyl adjacent to an activating group) is 1. The zero-order valence-corrected chi connectivity index (χ0v) is 29.4. The Labute approximate surface area is 297 Å². The predicted octanol–water partition coefficient (Wildman–Crippen LogP) is 8.98. The lowest BCUT2D eigenvalue weighted by Gasteiger charge is -2.26. The summed E-state index contributed by atoms with van der Waals surface area (Å²) in [5.74, 6) is 0.758. The van der Waals surface area contributed by atoms with Gasteiger partial charge in [-0.25, -0.2) is 19.5 Å². The molecular formula is C36H35F3N6O3S2. The monoisotopic (exact) mass is 720 g/mol. The minimum Gasteiger partial charge on any atom is -0.465 e. The van der Waals surface area contributed by atoms with Crippen molar-refractivity contribution in [2.75, 3.05) is 17.2 Å². The molecule has 5 rings (SSSR count). The third-order valence-corrected chi connectivity index (χ3v) is 9.27. The van der Waals surface area contributed by atoms with E-state index in [1.54, 1.807) is 18.7 Å². The molecule has 1 aromatic heterocycles. The van der Waals surface area contributed by atoms with Crippen LogP contribution in [0.25, 0.3) is 23.2 Å². The van der Waals surface area contributed by atoms with Crippen LogP contribution in [-0.4, -0.2) is 65.7 Å². The number of nitrogens with zero attached hydrogens (tertiary/aromatic N) is 6. The average molecular weight is 721 g/mol. The molecule has 1 aliphatic heterocycles. The summed E-state index contributed by atoms with van der Waals surface area (Å²) in [4.78, 5) is 25.1. The molecule has 1 fully saturated rings. The molecule has 0 aliphatic carbocycles. The molecule has 1 atom stereocenters. The Morgan fingerprint density at radius 2 is 1.86 bits per heavy atom. The molecular weight excluding hydrogens is 686 g/mol. The largest absolute Gasteiger partial charge is 0.573 e. The van der Waals surface area contributed by atoms with Crippen LogP contribution in [0.3, 0.4) is 0 Å². The lowest BCUT2D eigenvalue weighted by molar-refractivity contribution is -0.274. The van der Waals surface area contributed by atoms with Crippen LogP contribution in [0.1, 0.15) is 35.6 Å². The molecule has 1 aliphatic rings. The number of amidine groups is 1. The molecule has 1 N–H and O–H groups in total. The Bertz CT molecular complexity index is 1960. The molecule has 2 heterocycles. The fourth-order valence-corrected chi connectivity index (χ4v) is 6.70. The van der Waals surface area contributed by atoms with Gasteiger partial charge in [-0.15, -0.1) is 18.3 Å². The van der Waals surface area contributed by atoms with Gasteiger partial charge in [0.05, 0.1) is 17.4 Å². The fraction of sp³-hybridized carbons (Fsp3) is 0.250. The number of thiocarbonyl (C=S) groups is 1. The van der Waals surface area contributed by atoms with Crippen LogP contribution in [0.2, 0.25) is 0 Å². The molecule has 1 amide bonds. The number of hydrogen-bond donors (Lipinski definition) is 1. The first-order chi connectivity index (χ1) is 23.7. The predicted molar refractivity (Wildman–Crippen MR) is 196 cm³/mol. The van der Waals surface area contributed by atoms with Crippen molar-refractivity contribution in [3.63, 3.8) is 0 Å². The lowest BCUT2D eigenvalue weighted by atomic mass is 10.0. The first-order valence-electron chi connectivity index (χ1n) is 15.6. The number of aliphatic imine (C=N–C) groups is 1. The van der Waals surface area contributed by atoms with Crippen LogP contribution in [0.15, 0.2) is 90.3 Å². The maximum atomic E-state index is 12.5. The van der Waals surface area contributed by atoms with E-state index in [2.05, 4.69) is 54.3 Å². The van der Waals surface area contributed by atoms with Crippen molar-refractivity contribution in [3.05, 3.63) is 108 Å². The van der Waals surface area contributed by atoms with E-state index in [-0.39, 0.29) is 18.7 Å². The summed E-state index contributed by atoms with van der Waals surface area (Å²) in [7, 11) is 0. The van der Waals surface area contributed by atoms with Crippen LogP contribution in [0, 0.1) is 20.8 Å². The molecule has 1 saturated heterocycles. The number of carboxylic acid groups (broad SMARTS) is 1. The van der Waals surface area contributed by atoms with Crippen LogP contribution >= 0.6 is 24.0 Å². The molecule has 260 valence electrons. The summed E-state index contributed by atoms with van der Waals surface area (Å²) in [6.07, 6.45) is -0.508. The SMILES string of the molecule is C=C1CSC(=NC(=S)CC(/C=C/c2ccc(-c3ncn(-c4ccc(OC(F)(F)F)cc4)n3)cc2)N(CC)C(=O)O)N1c1cc(C)cc(C)c1C. The maximum absolute atomic E-state index is 12.5. The van der Waals surface area contributed by atoms with Gasteiger partial charge in [0.25, 0.3) is 0 Å². The van der Waals surface area contributed by atoms with E-state index in [0.717, 1.165) is 28.1 Å². The number of aromatic nitrogens is 3. The van der Waals surface area contributed by atoms with E-state index in [4.69, 9.17) is 17.2 Å². The van der Waals surface area contributed by atoms with Gasteiger partial charge in [0.15, 0.2) is 11.0 Å². The fourth-order valence-electron chi connectivity index (χ4n) is 5.43. The lowest BCUT2D eigenvalue weighted by Crippen LogP contribution is -2.39.